The van der Waals surface area contributed by atoms with Gasteiger partial charge in [-0.15, -0.1) is 11.8 Å². The van der Waals surface area contributed by atoms with Gasteiger partial charge in [-0.05, 0) is 48.5 Å². The number of benzene rings is 2. The summed E-state index contributed by atoms with van der Waals surface area (Å²) in [6, 6.07) is 16.3. The Labute approximate surface area is 134 Å². The van der Waals surface area contributed by atoms with E-state index >= 15 is 0 Å². The van der Waals surface area contributed by atoms with Crippen molar-refractivity contribution in [3.8, 4) is 0 Å². The third kappa shape index (κ3) is 4.71. The molecule has 0 spiro atoms. The lowest BCUT2D eigenvalue weighted by Gasteiger charge is -2.18. The lowest BCUT2D eigenvalue weighted by molar-refractivity contribution is 0.606. The summed E-state index contributed by atoms with van der Waals surface area (Å²) < 4.78 is 0. The summed E-state index contributed by atoms with van der Waals surface area (Å²) in [7, 11) is 0. The summed E-state index contributed by atoms with van der Waals surface area (Å²) in [5, 5.41) is 5.05. The van der Waals surface area contributed by atoms with Gasteiger partial charge in [0.15, 0.2) is 0 Å². The van der Waals surface area contributed by atoms with Crippen LogP contribution in [-0.4, -0.2) is 12.3 Å². The van der Waals surface area contributed by atoms with E-state index in [0.29, 0.717) is 6.04 Å². The normalized spacial score (nSPS) is 12.3. The molecule has 1 unspecified atom stereocenters. The molecular formula is C16H17Cl2NS. The number of halogens is 2. The molecule has 2 aromatic rings. The Hall–Kier alpha value is -0.670. The molecule has 2 rings (SSSR count). The molecule has 0 aliphatic rings. The van der Waals surface area contributed by atoms with Gasteiger partial charge < -0.3 is 5.32 Å². The maximum absolute atomic E-state index is 6.07. The van der Waals surface area contributed by atoms with Crippen molar-refractivity contribution >= 4 is 35.0 Å². The Morgan fingerprint density at radius 1 is 1.05 bits per heavy atom. The van der Waals surface area contributed by atoms with E-state index in [9.17, 15) is 0 Å². The SMILES string of the molecule is CCNC(CSc1ccc(Cl)cc1)c1cccc(Cl)c1. The minimum absolute atomic E-state index is 0.291. The smallest absolute Gasteiger partial charge is 0.0415 e. The van der Waals surface area contributed by atoms with Crippen molar-refractivity contribution in [2.75, 3.05) is 12.3 Å². The molecule has 0 aliphatic carbocycles. The summed E-state index contributed by atoms with van der Waals surface area (Å²) in [4.78, 5) is 1.22. The molecule has 0 fully saturated rings. The predicted molar refractivity (Wildman–Crippen MR) is 90.0 cm³/mol. The summed E-state index contributed by atoms with van der Waals surface area (Å²) in [5.74, 6) is 0.954. The van der Waals surface area contributed by atoms with Crippen LogP contribution in [0.4, 0.5) is 0 Å². The summed E-state index contributed by atoms with van der Waals surface area (Å²) in [6.45, 7) is 3.04. The topological polar surface area (TPSA) is 12.0 Å². The van der Waals surface area contributed by atoms with Crippen LogP contribution in [0.1, 0.15) is 18.5 Å². The van der Waals surface area contributed by atoms with Gasteiger partial charge in [0.1, 0.15) is 0 Å². The molecule has 0 amide bonds. The van der Waals surface area contributed by atoms with E-state index in [2.05, 4.69) is 18.3 Å². The fourth-order valence-corrected chi connectivity index (χ4v) is 3.28. The van der Waals surface area contributed by atoms with Crippen molar-refractivity contribution in [2.24, 2.45) is 0 Å². The first-order valence-electron chi connectivity index (χ1n) is 6.56. The van der Waals surface area contributed by atoms with Crippen LogP contribution in [0, 0.1) is 0 Å². The summed E-state index contributed by atoms with van der Waals surface area (Å²) in [6.07, 6.45) is 0. The van der Waals surface area contributed by atoms with Crippen LogP contribution in [0.25, 0.3) is 0 Å². The van der Waals surface area contributed by atoms with E-state index < -0.39 is 0 Å². The van der Waals surface area contributed by atoms with Crippen molar-refractivity contribution in [3.63, 3.8) is 0 Å². The lowest BCUT2D eigenvalue weighted by Crippen LogP contribution is -2.22. The number of hydrogen-bond donors (Lipinski definition) is 1. The molecular weight excluding hydrogens is 309 g/mol. The lowest BCUT2D eigenvalue weighted by atomic mass is 10.1. The van der Waals surface area contributed by atoms with E-state index in [1.807, 2.05) is 54.2 Å². The largest absolute Gasteiger partial charge is 0.309 e. The third-order valence-electron chi connectivity index (χ3n) is 2.93. The Morgan fingerprint density at radius 2 is 1.80 bits per heavy atom. The van der Waals surface area contributed by atoms with Crippen molar-refractivity contribution in [3.05, 3.63) is 64.1 Å². The van der Waals surface area contributed by atoms with Crippen LogP contribution in [0.15, 0.2) is 53.4 Å². The highest BCUT2D eigenvalue weighted by Gasteiger charge is 2.11. The van der Waals surface area contributed by atoms with Gasteiger partial charge in [-0.1, -0.05) is 42.3 Å². The van der Waals surface area contributed by atoms with Crippen molar-refractivity contribution in [1.29, 1.82) is 0 Å². The van der Waals surface area contributed by atoms with Gasteiger partial charge in [0.2, 0.25) is 0 Å². The van der Waals surface area contributed by atoms with Crippen molar-refractivity contribution in [2.45, 2.75) is 17.9 Å². The second kappa shape index (κ2) is 7.94. The highest BCUT2D eigenvalue weighted by Crippen LogP contribution is 2.27. The van der Waals surface area contributed by atoms with Crippen molar-refractivity contribution < 1.29 is 0 Å². The second-order valence-electron chi connectivity index (χ2n) is 4.43. The molecule has 106 valence electrons. The number of hydrogen-bond acceptors (Lipinski definition) is 2. The monoisotopic (exact) mass is 325 g/mol. The average Bonchev–Trinajstić information content (AvgIpc) is 2.45. The molecule has 0 radical (unpaired) electrons. The molecule has 0 aromatic heterocycles. The molecule has 0 saturated carbocycles. The molecule has 4 heteroatoms. The molecule has 20 heavy (non-hydrogen) atoms. The van der Waals surface area contributed by atoms with Gasteiger partial charge in [0, 0.05) is 26.7 Å². The van der Waals surface area contributed by atoms with Gasteiger partial charge in [-0.25, -0.2) is 0 Å². The first kappa shape index (κ1) is 15.7. The molecule has 1 atom stereocenters. The van der Waals surface area contributed by atoms with E-state index in [-0.39, 0.29) is 0 Å². The zero-order valence-electron chi connectivity index (χ0n) is 11.3. The van der Waals surface area contributed by atoms with Gasteiger partial charge >= 0.3 is 0 Å². The zero-order valence-corrected chi connectivity index (χ0v) is 13.6. The highest BCUT2D eigenvalue weighted by molar-refractivity contribution is 7.99. The van der Waals surface area contributed by atoms with Crippen LogP contribution in [0.5, 0.6) is 0 Å². The zero-order chi connectivity index (χ0) is 14.4. The quantitative estimate of drug-likeness (QED) is 0.710. The average molecular weight is 326 g/mol. The fourth-order valence-electron chi connectivity index (χ4n) is 1.95. The van der Waals surface area contributed by atoms with E-state index in [4.69, 9.17) is 23.2 Å². The Bertz CT molecular complexity index is 542. The van der Waals surface area contributed by atoms with E-state index in [1.54, 1.807) is 0 Å². The summed E-state index contributed by atoms with van der Waals surface area (Å²) in [5.41, 5.74) is 1.22. The van der Waals surface area contributed by atoms with Crippen LogP contribution in [0.2, 0.25) is 10.0 Å². The molecule has 0 bridgehead atoms. The van der Waals surface area contributed by atoms with Gasteiger partial charge in [0.05, 0.1) is 0 Å². The first-order chi connectivity index (χ1) is 9.69. The van der Waals surface area contributed by atoms with Gasteiger partial charge in [-0.2, -0.15) is 0 Å². The molecule has 0 saturated heterocycles. The number of thioether (sulfide) groups is 1. The Morgan fingerprint density at radius 3 is 2.45 bits per heavy atom. The van der Waals surface area contributed by atoms with Crippen molar-refractivity contribution in [1.82, 2.24) is 5.32 Å². The fraction of sp³-hybridized carbons (Fsp3) is 0.250. The molecule has 1 nitrogen and oxygen atoms in total. The van der Waals surface area contributed by atoms with Crippen LogP contribution < -0.4 is 5.32 Å². The Kier molecular flexibility index (Phi) is 6.24. The molecule has 0 heterocycles. The van der Waals surface area contributed by atoms with E-state index in [0.717, 1.165) is 22.3 Å². The minimum Gasteiger partial charge on any atom is -0.309 e. The molecule has 2 aromatic carbocycles. The maximum Gasteiger partial charge on any atom is 0.0415 e. The molecule has 1 N–H and O–H groups in total. The number of nitrogens with one attached hydrogen (secondary N) is 1. The van der Waals surface area contributed by atoms with Crippen LogP contribution in [0.3, 0.4) is 0 Å². The molecule has 0 aliphatic heterocycles. The highest BCUT2D eigenvalue weighted by atomic mass is 35.5. The van der Waals surface area contributed by atoms with Crippen LogP contribution >= 0.6 is 35.0 Å². The first-order valence-corrected chi connectivity index (χ1v) is 8.30. The number of rotatable bonds is 6. The second-order valence-corrected chi connectivity index (χ2v) is 6.40. The predicted octanol–water partition coefficient (Wildman–Crippen LogP) is 5.44. The summed E-state index contributed by atoms with van der Waals surface area (Å²) >= 11 is 13.8. The maximum atomic E-state index is 6.07. The Balaban J connectivity index is 2.04. The van der Waals surface area contributed by atoms with Crippen LogP contribution in [-0.2, 0) is 0 Å². The van der Waals surface area contributed by atoms with Gasteiger partial charge in [-0.3, -0.25) is 0 Å². The van der Waals surface area contributed by atoms with E-state index in [1.165, 1.54) is 10.5 Å². The minimum atomic E-state index is 0.291. The standard InChI is InChI=1S/C16H17Cl2NS/c1-2-19-16(12-4-3-5-14(18)10-12)11-20-15-8-6-13(17)7-9-15/h3-10,16,19H,2,11H2,1H3. The van der Waals surface area contributed by atoms with Gasteiger partial charge in [0.25, 0.3) is 0 Å². The third-order valence-corrected chi connectivity index (χ3v) is 4.52.